The Morgan fingerprint density at radius 3 is 2.70 bits per heavy atom. The van der Waals surface area contributed by atoms with E-state index in [0.29, 0.717) is 0 Å². The number of hydrogen-bond donors (Lipinski definition) is 1. The number of nitrogens with one attached hydrogen (secondary N) is 1. The largest absolute Gasteiger partial charge is 0.379 e. The molecule has 4 nitrogen and oxygen atoms in total. The number of anilines is 1. The van der Waals surface area contributed by atoms with Crippen LogP contribution in [0.25, 0.3) is 22.8 Å². The van der Waals surface area contributed by atoms with Crippen LogP contribution in [0.2, 0.25) is 0 Å². The fourth-order valence-corrected chi connectivity index (χ4v) is 3.79. The van der Waals surface area contributed by atoms with E-state index in [1.807, 2.05) is 12.1 Å². The van der Waals surface area contributed by atoms with E-state index in [2.05, 4.69) is 38.2 Å². The van der Waals surface area contributed by atoms with Gasteiger partial charge in [0.1, 0.15) is 0 Å². The average Bonchev–Trinajstić information content (AvgIpc) is 2.80. The summed E-state index contributed by atoms with van der Waals surface area (Å²) < 4.78 is 0. The second-order valence-corrected chi connectivity index (χ2v) is 7.12. The van der Waals surface area contributed by atoms with Crippen molar-refractivity contribution in [3.63, 3.8) is 0 Å². The van der Waals surface area contributed by atoms with Crippen molar-refractivity contribution in [1.29, 1.82) is 0 Å². The van der Waals surface area contributed by atoms with Gasteiger partial charge in [0.15, 0.2) is 0 Å². The number of nitro benzene ring substituents is 1. The van der Waals surface area contributed by atoms with Gasteiger partial charge in [-0.25, -0.2) is 0 Å². The van der Waals surface area contributed by atoms with E-state index in [1.54, 1.807) is 12.1 Å². The number of nitro groups is 1. The minimum absolute atomic E-state index is 0.0512. The molecule has 0 fully saturated rings. The van der Waals surface area contributed by atoms with Crippen LogP contribution >= 0.6 is 0 Å². The molecule has 2 aliphatic rings. The molecule has 0 bridgehead atoms. The standard InChI is InChI=1S/C19H18N2O2/c1-11-10-19(2,3)20-18-8-13-6-12-7-14(21(22)23)4-5-15(12)17(13)9-16(11)18/h4-9,20H,10H2,1-3H3. The Morgan fingerprint density at radius 2 is 1.96 bits per heavy atom. The molecule has 0 aromatic heterocycles. The summed E-state index contributed by atoms with van der Waals surface area (Å²) in [5, 5.41) is 17.0. The molecule has 0 radical (unpaired) electrons. The van der Waals surface area contributed by atoms with Gasteiger partial charge >= 0.3 is 0 Å². The Balaban J connectivity index is 1.95. The molecule has 116 valence electrons. The summed E-state index contributed by atoms with van der Waals surface area (Å²) in [6.45, 7) is 6.59. The van der Waals surface area contributed by atoms with Gasteiger partial charge in [-0.3, -0.25) is 10.1 Å². The van der Waals surface area contributed by atoms with Gasteiger partial charge in [0, 0.05) is 23.4 Å². The molecule has 2 aromatic carbocycles. The van der Waals surface area contributed by atoms with Crippen molar-refractivity contribution in [3.05, 3.63) is 56.4 Å². The lowest BCUT2D eigenvalue weighted by Gasteiger charge is -2.32. The first-order chi connectivity index (χ1) is 10.8. The molecule has 0 unspecified atom stereocenters. The number of nitrogens with zero attached hydrogens (tertiary/aromatic N) is 1. The van der Waals surface area contributed by atoms with Gasteiger partial charge in [-0.05, 0) is 78.6 Å². The quantitative estimate of drug-likeness (QED) is 0.555. The van der Waals surface area contributed by atoms with E-state index in [1.165, 1.54) is 10.8 Å². The van der Waals surface area contributed by atoms with Crippen molar-refractivity contribution < 1.29 is 4.92 Å². The van der Waals surface area contributed by atoms with Crippen molar-refractivity contribution in [2.45, 2.75) is 32.7 Å². The van der Waals surface area contributed by atoms with Crippen LogP contribution in [0.4, 0.5) is 11.4 Å². The number of non-ortho nitro benzene ring substituents is 1. The van der Waals surface area contributed by atoms with Crippen LogP contribution in [0.5, 0.6) is 0 Å². The lowest BCUT2D eigenvalue weighted by Crippen LogP contribution is -2.39. The Bertz CT molecular complexity index is 987. The minimum Gasteiger partial charge on any atom is -0.379 e. The second-order valence-electron chi connectivity index (χ2n) is 7.12. The molecule has 1 aliphatic carbocycles. The van der Waals surface area contributed by atoms with Crippen molar-refractivity contribution >= 4 is 23.0 Å². The number of benzene rings is 2. The molecule has 1 heterocycles. The predicted octanol–water partition coefficient (Wildman–Crippen LogP) is 3.17. The SMILES string of the molecule is CC1=c2cc3c(cc2NC(C)(C)C1)=Cc1cc([N+](=O)[O-])ccc1-3. The first kappa shape index (κ1) is 14.0. The van der Waals surface area contributed by atoms with Gasteiger partial charge in [0.05, 0.1) is 4.92 Å². The normalized spacial score (nSPS) is 16.7. The minimum atomic E-state index is -0.343. The molecule has 0 amide bonds. The van der Waals surface area contributed by atoms with Gasteiger partial charge in [-0.15, -0.1) is 0 Å². The molecule has 4 rings (SSSR count). The third-order valence-electron chi connectivity index (χ3n) is 4.68. The number of hydrogen-bond acceptors (Lipinski definition) is 3. The monoisotopic (exact) mass is 306 g/mol. The molecule has 0 atom stereocenters. The van der Waals surface area contributed by atoms with E-state index in [4.69, 9.17) is 0 Å². The van der Waals surface area contributed by atoms with Crippen LogP contribution in [0.3, 0.4) is 0 Å². The first-order valence-electron chi connectivity index (χ1n) is 7.77. The Hall–Kier alpha value is -2.62. The summed E-state index contributed by atoms with van der Waals surface area (Å²) in [4.78, 5) is 10.6. The number of fused-ring (bicyclic) bond motifs is 4. The summed E-state index contributed by atoms with van der Waals surface area (Å²) in [7, 11) is 0. The second kappa shape index (κ2) is 4.44. The topological polar surface area (TPSA) is 55.2 Å². The highest BCUT2D eigenvalue weighted by atomic mass is 16.6. The van der Waals surface area contributed by atoms with Crippen molar-refractivity contribution in [3.8, 4) is 11.1 Å². The zero-order valence-electron chi connectivity index (χ0n) is 13.4. The molecule has 23 heavy (non-hydrogen) atoms. The van der Waals surface area contributed by atoms with Crippen molar-refractivity contribution in [2.24, 2.45) is 0 Å². The molecule has 0 saturated carbocycles. The zero-order valence-corrected chi connectivity index (χ0v) is 13.4. The van der Waals surface area contributed by atoms with Crippen LogP contribution in [-0.2, 0) is 0 Å². The molecule has 0 saturated heterocycles. The molecular formula is C19H18N2O2. The smallest absolute Gasteiger partial charge is 0.270 e. The zero-order chi connectivity index (χ0) is 16.4. The van der Waals surface area contributed by atoms with E-state index >= 15 is 0 Å². The summed E-state index contributed by atoms with van der Waals surface area (Å²) in [6.07, 6.45) is 3.05. The first-order valence-corrected chi connectivity index (χ1v) is 7.77. The van der Waals surface area contributed by atoms with Crippen LogP contribution in [-0.4, -0.2) is 10.5 Å². The Kier molecular flexibility index (Phi) is 2.71. The highest BCUT2D eigenvalue weighted by molar-refractivity contribution is 5.85. The highest BCUT2D eigenvalue weighted by Gasteiger charge is 2.25. The van der Waals surface area contributed by atoms with E-state index < -0.39 is 0 Å². The van der Waals surface area contributed by atoms with E-state index in [0.717, 1.165) is 34.0 Å². The molecular weight excluding hydrogens is 288 g/mol. The number of rotatable bonds is 1. The highest BCUT2D eigenvalue weighted by Crippen LogP contribution is 2.31. The van der Waals surface area contributed by atoms with Crippen LogP contribution in [0, 0.1) is 10.1 Å². The fourth-order valence-electron chi connectivity index (χ4n) is 3.79. The Labute approximate surface area is 134 Å². The van der Waals surface area contributed by atoms with Gasteiger partial charge in [-0.2, -0.15) is 0 Å². The lowest BCUT2D eigenvalue weighted by atomic mass is 9.89. The van der Waals surface area contributed by atoms with Crippen LogP contribution < -0.4 is 15.8 Å². The van der Waals surface area contributed by atoms with Crippen LogP contribution in [0.1, 0.15) is 32.8 Å². The molecule has 1 aliphatic heterocycles. The van der Waals surface area contributed by atoms with Crippen molar-refractivity contribution in [1.82, 2.24) is 0 Å². The van der Waals surface area contributed by atoms with Gasteiger partial charge < -0.3 is 5.32 Å². The maximum Gasteiger partial charge on any atom is 0.270 e. The average molecular weight is 306 g/mol. The van der Waals surface area contributed by atoms with Gasteiger partial charge in [-0.1, -0.05) is 5.57 Å². The molecule has 2 aromatic rings. The summed E-state index contributed by atoms with van der Waals surface area (Å²) in [6, 6.07) is 9.48. The maximum absolute atomic E-state index is 11.0. The molecule has 0 spiro atoms. The van der Waals surface area contributed by atoms with Crippen molar-refractivity contribution in [2.75, 3.05) is 5.32 Å². The van der Waals surface area contributed by atoms with Gasteiger partial charge in [0.2, 0.25) is 0 Å². The van der Waals surface area contributed by atoms with E-state index in [9.17, 15) is 10.1 Å². The summed E-state index contributed by atoms with van der Waals surface area (Å²) in [5.74, 6) is 0. The van der Waals surface area contributed by atoms with Crippen LogP contribution in [0.15, 0.2) is 30.3 Å². The summed E-state index contributed by atoms with van der Waals surface area (Å²) >= 11 is 0. The third kappa shape index (κ3) is 2.13. The Morgan fingerprint density at radius 1 is 1.17 bits per heavy atom. The van der Waals surface area contributed by atoms with E-state index in [-0.39, 0.29) is 16.1 Å². The third-order valence-corrected chi connectivity index (χ3v) is 4.68. The lowest BCUT2D eigenvalue weighted by molar-refractivity contribution is -0.384. The fraction of sp³-hybridized carbons (Fsp3) is 0.263. The molecule has 1 N–H and O–H groups in total. The maximum atomic E-state index is 11.0. The molecule has 4 heteroatoms. The predicted molar refractivity (Wildman–Crippen MR) is 92.8 cm³/mol. The summed E-state index contributed by atoms with van der Waals surface area (Å²) in [5.41, 5.74) is 5.88. The van der Waals surface area contributed by atoms with Gasteiger partial charge in [0.25, 0.3) is 5.69 Å².